The fraction of sp³-hybridized carbons (Fsp3) is 0.364. The van der Waals surface area contributed by atoms with Crippen LogP contribution in [0.1, 0.15) is 19.4 Å². The van der Waals surface area contributed by atoms with Crippen LogP contribution in [0, 0.1) is 5.92 Å². The molecule has 1 aliphatic rings. The highest BCUT2D eigenvalue weighted by Crippen LogP contribution is 2.25. The minimum absolute atomic E-state index is 0.588. The number of hydrazone groups is 1. The molecule has 0 radical (unpaired) electrons. The average Bonchev–Trinajstić information content (AvgIpc) is 2.69. The van der Waals surface area contributed by atoms with Gasteiger partial charge in [-0.25, -0.2) is 10.5 Å². The lowest BCUT2D eigenvalue weighted by atomic mass is 10.0. The summed E-state index contributed by atoms with van der Waals surface area (Å²) in [6.07, 6.45) is 2.69. The molecule has 0 atom stereocenters. The predicted octanol–water partition coefficient (Wildman–Crippen LogP) is 2.31. The molecule has 0 spiro atoms. The molecule has 0 saturated heterocycles. The molecule has 2 rings (SSSR count). The molecule has 0 saturated carbocycles. The van der Waals surface area contributed by atoms with Crippen LogP contribution in [0.2, 0.25) is 5.02 Å². The molecule has 2 N–H and O–H groups in total. The van der Waals surface area contributed by atoms with Crippen LogP contribution in [0.4, 0.5) is 5.69 Å². The molecule has 16 heavy (non-hydrogen) atoms. The third kappa shape index (κ3) is 2.46. The average molecular weight is 239 g/mol. The summed E-state index contributed by atoms with van der Waals surface area (Å²) in [5.41, 5.74) is 7.89. The number of benzene rings is 1. The van der Waals surface area contributed by atoms with Crippen molar-refractivity contribution >= 4 is 23.6 Å². The number of nitrogens with one attached hydrogen (secondary N) is 2. The van der Waals surface area contributed by atoms with Gasteiger partial charge < -0.3 is 0 Å². The Morgan fingerprint density at radius 1 is 1.44 bits per heavy atom. The highest BCUT2D eigenvalue weighted by molar-refractivity contribution is 6.30. The van der Waals surface area contributed by atoms with Gasteiger partial charge in [0.15, 0.2) is 0 Å². The van der Waals surface area contributed by atoms with E-state index in [-0.39, 0.29) is 0 Å². The van der Waals surface area contributed by atoms with Crippen molar-refractivity contribution in [2.45, 2.75) is 20.3 Å². The molecule has 5 heteroatoms. The first kappa shape index (κ1) is 11.2. The van der Waals surface area contributed by atoms with Gasteiger partial charge in [0.25, 0.3) is 0 Å². The van der Waals surface area contributed by atoms with E-state index < -0.39 is 0 Å². The topological polar surface area (TPSA) is 39.7 Å². The minimum Gasteiger partial charge on any atom is -0.245 e. The van der Waals surface area contributed by atoms with E-state index >= 15 is 0 Å². The SMILES string of the molecule is CC(C)Cc1cc(Cl)ccc1N1C=NNN1. The second-order valence-corrected chi connectivity index (χ2v) is 4.65. The highest BCUT2D eigenvalue weighted by atomic mass is 35.5. The Balaban J connectivity index is 2.31. The second-order valence-electron chi connectivity index (χ2n) is 4.21. The number of nitrogens with zero attached hydrogens (tertiary/aromatic N) is 2. The van der Waals surface area contributed by atoms with E-state index in [9.17, 15) is 0 Å². The second kappa shape index (κ2) is 4.72. The Hall–Kier alpha value is -1.26. The number of rotatable bonds is 3. The summed E-state index contributed by atoms with van der Waals surface area (Å²) >= 11 is 6.02. The van der Waals surface area contributed by atoms with Gasteiger partial charge in [-0.3, -0.25) is 0 Å². The Kier molecular flexibility index (Phi) is 3.31. The molecular formula is C11H15ClN4. The smallest absolute Gasteiger partial charge is 0.133 e. The molecule has 1 aromatic rings. The molecule has 1 aromatic carbocycles. The molecule has 86 valence electrons. The van der Waals surface area contributed by atoms with Crippen molar-refractivity contribution in [1.29, 1.82) is 0 Å². The third-order valence-electron chi connectivity index (χ3n) is 2.34. The van der Waals surface area contributed by atoms with E-state index in [1.165, 1.54) is 5.56 Å². The van der Waals surface area contributed by atoms with Crippen LogP contribution in [0.5, 0.6) is 0 Å². The first-order chi connectivity index (χ1) is 7.66. The van der Waals surface area contributed by atoms with Crippen molar-refractivity contribution in [3.63, 3.8) is 0 Å². The van der Waals surface area contributed by atoms with E-state index in [2.05, 4.69) is 30.0 Å². The lowest BCUT2D eigenvalue weighted by Crippen LogP contribution is -2.37. The van der Waals surface area contributed by atoms with E-state index in [1.807, 2.05) is 23.2 Å². The fourth-order valence-electron chi connectivity index (χ4n) is 1.71. The van der Waals surface area contributed by atoms with Crippen molar-refractivity contribution in [2.75, 3.05) is 5.01 Å². The summed E-state index contributed by atoms with van der Waals surface area (Å²) in [6.45, 7) is 4.38. The molecule has 1 aliphatic heterocycles. The van der Waals surface area contributed by atoms with Crippen molar-refractivity contribution in [3.05, 3.63) is 28.8 Å². The van der Waals surface area contributed by atoms with E-state index in [1.54, 1.807) is 6.34 Å². The van der Waals surface area contributed by atoms with E-state index in [4.69, 9.17) is 11.6 Å². The van der Waals surface area contributed by atoms with Gasteiger partial charge in [-0.15, -0.1) is 5.53 Å². The van der Waals surface area contributed by atoms with Crippen molar-refractivity contribution in [2.24, 2.45) is 11.0 Å². The Bertz CT molecular complexity index is 403. The van der Waals surface area contributed by atoms with Gasteiger partial charge in [0.2, 0.25) is 0 Å². The number of hydrazine groups is 2. The molecule has 1 heterocycles. The molecule has 0 unspecified atom stereocenters. The quantitative estimate of drug-likeness (QED) is 0.849. The van der Waals surface area contributed by atoms with Crippen molar-refractivity contribution < 1.29 is 0 Å². The summed E-state index contributed by atoms with van der Waals surface area (Å²) in [6, 6.07) is 5.88. The van der Waals surface area contributed by atoms with Crippen LogP contribution in [-0.2, 0) is 6.42 Å². The van der Waals surface area contributed by atoms with Gasteiger partial charge >= 0.3 is 0 Å². The molecule has 0 amide bonds. The summed E-state index contributed by atoms with van der Waals surface area (Å²) < 4.78 is 0. The van der Waals surface area contributed by atoms with Crippen LogP contribution in [0.15, 0.2) is 23.3 Å². The van der Waals surface area contributed by atoms with Crippen LogP contribution in [0.25, 0.3) is 0 Å². The maximum Gasteiger partial charge on any atom is 0.133 e. The third-order valence-corrected chi connectivity index (χ3v) is 2.57. The summed E-state index contributed by atoms with van der Waals surface area (Å²) in [5.74, 6) is 0.588. The van der Waals surface area contributed by atoms with E-state index in [0.717, 1.165) is 17.1 Å². The lowest BCUT2D eigenvalue weighted by Gasteiger charge is -2.19. The van der Waals surface area contributed by atoms with Gasteiger partial charge in [-0.2, -0.15) is 5.10 Å². The van der Waals surface area contributed by atoms with Gasteiger partial charge in [-0.1, -0.05) is 25.4 Å². The van der Waals surface area contributed by atoms with Gasteiger partial charge in [0, 0.05) is 5.02 Å². The van der Waals surface area contributed by atoms with Gasteiger partial charge in [-0.05, 0) is 36.1 Å². The molecule has 0 fully saturated rings. The fourth-order valence-corrected chi connectivity index (χ4v) is 1.91. The minimum atomic E-state index is 0.588. The lowest BCUT2D eigenvalue weighted by molar-refractivity contribution is 0.614. The first-order valence-corrected chi connectivity index (χ1v) is 5.66. The predicted molar refractivity (Wildman–Crippen MR) is 67.2 cm³/mol. The zero-order chi connectivity index (χ0) is 11.5. The Morgan fingerprint density at radius 3 is 2.88 bits per heavy atom. The molecular weight excluding hydrogens is 224 g/mol. The number of hydrogen-bond donors (Lipinski definition) is 2. The van der Waals surface area contributed by atoms with Crippen LogP contribution < -0.4 is 16.1 Å². The van der Waals surface area contributed by atoms with Crippen molar-refractivity contribution in [3.8, 4) is 0 Å². The highest BCUT2D eigenvalue weighted by Gasteiger charge is 2.13. The first-order valence-electron chi connectivity index (χ1n) is 5.28. The maximum atomic E-state index is 6.02. The largest absolute Gasteiger partial charge is 0.245 e. The van der Waals surface area contributed by atoms with Crippen LogP contribution >= 0.6 is 11.6 Å². The van der Waals surface area contributed by atoms with E-state index in [0.29, 0.717) is 5.92 Å². The summed E-state index contributed by atoms with van der Waals surface area (Å²) in [7, 11) is 0. The molecule has 0 aliphatic carbocycles. The maximum absolute atomic E-state index is 6.02. The summed E-state index contributed by atoms with van der Waals surface area (Å²) in [5, 5.41) is 6.50. The van der Waals surface area contributed by atoms with Crippen LogP contribution in [-0.4, -0.2) is 6.34 Å². The van der Waals surface area contributed by atoms with Crippen molar-refractivity contribution in [1.82, 2.24) is 11.1 Å². The normalized spacial score (nSPS) is 14.6. The number of anilines is 1. The number of hydrogen-bond acceptors (Lipinski definition) is 4. The Morgan fingerprint density at radius 2 is 2.25 bits per heavy atom. The number of halogens is 1. The standard InChI is InChI=1S/C11H15ClN4/c1-8(2)5-9-6-10(12)3-4-11(9)16-7-13-14-15-16/h3-4,6-8,14-15H,5H2,1-2H3. The zero-order valence-electron chi connectivity index (χ0n) is 9.37. The Labute approximate surface area is 100 Å². The summed E-state index contributed by atoms with van der Waals surface area (Å²) in [4.78, 5) is 0. The molecule has 0 aromatic heterocycles. The van der Waals surface area contributed by atoms with Gasteiger partial charge in [0.05, 0.1) is 5.69 Å². The van der Waals surface area contributed by atoms with Gasteiger partial charge in [0.1, 0.15) is 6.34 Å². The molecule has 0 bridgehead atoms. The van der Waals surface area contributed by atoms with Crippen LogP contribution in [0.3, 0.4) is 0 Å². The zero-order valence-corrected chi connectivity index (χ0v) is 10.1. The monoisotopic (exact) mass is 238 g/mol. The molecule has 4 nitrogen and oxygen atoms in total.